The highest BCUT2D eigenvalue weighted by atomic mass is 19.2. The molecule has 2 unspecified atom stereocenters. The second kappa shape index (κ2) is 3.91. The zero-order valence-electron chi connectivity index (χ0n) is 8.07. The summed E-state index contributed by atoms with van der Waals surface area (Å²) in [7, 11) is 0. The van der Waals surface area contributed by atoms with Crippen LogP contribution in [0.1, 0.15) is 0 Å². The number of β-amino-alcohol motifs (C(OH)–C–C–N with tert-alkyl or cyclic N) is 2. The average Bonchev–Trinajstić information content (AvgIpc) is 2.53. The Balaban J connectivity index is 2.31. The molecule has 4 nitrogen and oxygen atoms in total. The van der Waals surface area contributed by atoms with Crippen molar-refractivity contribution in [1.29, 1.82) is 0 Å². The Morgan fingerprint density at radius 2 is 1.69 bits per heavy atom. The highest BCUT2D eigenvalue weighted by Gasteiger charge is 2.32. The van der Waals surface area contributed by atoms with Gasteiger partial charge in [0.25, 0.3) is 5.95 Å². The number of nitrogens with zero attached hydrogens (tertiary/aromatic N) is 2. The van der Waals surface area contributed by atoms with Crippen LogP contribution in [0, 0.1) is 17.6 Å². The van der Waals surface area contributed by atoms with Gasteiger partial charge in [-0.2, -0.15) is 9.37 Å². The van der Waals surface area contributed by atoms with Gasteiger partial charge in [0, 0.05) is 19.2 Å². The standard InChI is InChI=1S/C9H9F3N2O2/c10-4-1-5(11)9(13-8(4)12)14-2-6(15)7(16)3-14/h1,6-7,15-16H,2-3H2. The molecule has 0 saturated carbocycles. The number of hydrogen-bond donors (Lipinski definition) is 2. The number of hydrogen-bond acceptors (Lipinski definition) is 4. The van der Waals surface area contributed by atoms with Crippen LogP contribution >= 0.6 is 0 Å². The molecular formula is C9H9F3N2O2. The van der Waals surface area contributed by atoms with Crippen LogP contribution in [0.2, 0.25) is 0 Å². The topological polar surface area (TPSA) is 56.6 Å². The Bertz CT molecular complexity index is 406. The summed E-state index contributed by atoms with van der Waals surface area (Å²) in [6.45, 7) is -0.147. The van der Waals surface area contributed by atoms with Crippen LogP contribution in [0.15, 0.2) is 6.07 Å². The van der Waals surface area contributed by atoms with E-state index in [2.05, 4.69) is 4.98 Å². The van der Waals surface area contributed by atoms with Gasteiger partial charge < -0.3 is 15.1 Å². The second-order valence-corrected chi connectivity index (χ2v) is 3.61. The van der Waals surface area contributed by atoms with Crippen LogP contribution in [-0.4, -0.2) is 40.5 Å². The molecule has 2 atom stereocenters. The lowest BCUT2D eigenvalue weighted by Gasteiger charge is -2.16. The van der Waals surface area contributed by atoms with Crippen LogP contribution in [0.5, 0.6) is 0 Å². The van der Waals surface area contributed by atoms with Crippen LogP contribution < -0.4 is 4.90 Å². The van der Waals surface area contributed by atoms with Gasteiger partial charge in [-0.1, -0.05) is 0 Å². The van der Waals surface area contributed by atoms with Gasteiger partial charge in [0.05, 0.1) is 12.2 Å². The van der Waals surface area contributed by atoms with Gasteiger partial charge in [0.1, 0.15) is 0 Å². The van der Waals surface area contributed by atoms with E-state index in [4.69, 9.17) is 0 Å². The molecule has 0 radical (unpaired) electrons. The highest BCUT2D eigenvalue weighted by Crippen LogP contribution is 2.23. The first-order chi connectivity index (χ1) is 7.49. The third-order valence-electron chi connectivity index (χ3n) is 2.43. The molecule has 2 rings (SSSR count). The Morgan fingerprint density at radius 3 is 2.25 bits per heavy atom. The number of aromatic nitrogens is 1. The fraction of sp³-hybridized carbons (Fsp3) is 0.444. The summed E-state index contributed by atoms with van der Waals surface area (Å²) in [5.41, 5.74) is 0. The first-order valence-electron chi connectivity index (χ1n) is 4.61. The van der Waals surface area contributed by atoms with E-state index in [1.54, 1.807) is 0 Å². The van der Waals surface area contributed by atoms with E-state index in [9.17, 15) is 23.4 Å². The van der Waals surface area contributed by atoms with E-state index in [1.165, 1.54) is 0 Å². The van der Waals surface area contributed by atoms with Crippen molar-refractivity contribution < 1.29 is 23.4 Å². The summed E-state index contributed by atoms with van der Waals surface area (Å²) in [6.07, 6.45) is -2.09. The third kappa shape index (κ3) is 1.83. The first-order valence-corrected chi connectivity index (χ1v) is 4.61. The highest BCUT2D eigenvalue weighted by molar-refractivity contribution is 5.42. The molecule has 2 heterocycles. The van der Waals surface area contributed by atoms with E-state index < -0.39 is 35.6 Å². The summed E-state index contributed by atoms with van der Waals surface area (Å²) in [4.78, 5) is 4.27. The summed E-state index contributed by atoms with van der Waals surface area (Å²) >= 11 is 0. The molecule has 1 aromatic heterocycles. The van der Waals surface area contributed by atoms with Crippen molar-refractivity contribution >= 4 is 5.82 Å². The monoisotopic (exact) mass is 234 g/mol. The van der Waals surface area contributed by atoms with Crippen molar-refractivity contribution in [3.05, 3.63) is 23.6 Å². The largest absolute Gasteiger partial charge is 0.389 e. The van der Waals surface area contributed by atoms with Crippen molar-refractivity contribution in [3.63, 3.8) is 0 Å². The van der Waals surface area contributed by atoms with Gasteiger partial charge in [-0.3, -0.25) is 0 Å². The quantitative estimate of drug-likeness (QED) is 0.674. The maximum atomic E-state index is 13.3. The van der Waals surface area contributed by atoms with E-state index in [1.807, 2.05) is 0 Å². The van der Waals surface area contributed by atoms with Gasteiger partial charge in [0.2, 0.25) is 0 Å². The van der Waals surface area contributed by atoms with Gasteiger partial charge in [-0.15, -0.1) is 0 Å². The zero-order chi connectivity index (χ0) is 11.9. The Morgan fingerprint density at radius 1 is 1.12 bits per heavy atom. The molecule has 1 aliphatic heterocycles. The predicted molar refractivity (Wildman–Crippen MR) is 48.3 cm³/mol. The molecule has 1 aliphatic rings. The fourth-order valence-corrected chi connectivity index (χ4v) is 1.60. The number of halogens is 3. The summed E-state index contributed by atoms with van der Waals surface area (Å²) in [5.74, 6) is -4.22. The summed E-state index contributed by atoms with van der Waals surface area (Å²) < 4.78 is 38.7. The maximum absolute atomic E-state index is 13.3. The van der Waals surface area contributed by atoms with Crippen LogP contribution in [0.3, 0.4) is 0 Å². The van der Waals surface area contributed by atoms with Gasteiger partial charge in [-0.25, -0.2) is 8.78 Å². The van der Waals surface area contributed by atoms with E-state index >= 15 is 0 Å². The average molecular weight is 234 g/mol. The third-order valence-corrected chi connectivity index (χ3v) is 2.43. The first kappa shape index (κ1) is 11.2. The lowest BCUT2D eigenvalue weighted by atomic mass is 10.3. The summed E-state index contributed by atoms with van der Waals surface area (Å²) in [5, 5.41) is 18.5. The van der Waals surface area contributed by atoms with Gasteiger partial charge >= 0.3 is 0 Å². The van der Waals surface area contributed by atoms with E-state index in [-0.39, 0.29) is 13.1 Å². The number of aliphatic hydroxyl groups is 2. The molecule has 0 aromatic carbocycles. The molecule has 0 spiro atoms. The van der Waals surface area contributed by atoms with Crippen molar-refractivity contribution in [2.24, 2.45) is 0 Å². The van der Waals surface area contributed by atoms with Crippen molar-refractivity contribution in [2.75, 3.05) is 18.0 Å². The van der Waals surface area contributed by atoms with Crippen molar-refractivity contribution in [3.8, 4) is 0 Å². The van der Waals surface area contributed by atoms with Crippen LogP contribution in [0.4, 0.5) is 19.0 Å². The van der Waals surface area contributed by atoms with Gasteiger partial charge in [-0.05, 0) is 0 Å². The molecule has 88 valence electrons. The number of aliphatic hydroxyl groups excluding tert-OH is 2. The lowest BCUT2D eigenvalue weighted by Crippen LogP contribution is -2.24. The van der Waals surface area contributed by atoms with Gasteiger partial charge in [0.15, 0.2) is 17.5 Å². The second-order valence-electron chi connectivity index (χ2n) is 3.61. The molecule has 1 fully saturated rings. The molecule has 0 bridgehead atoms. The molecular weight excluding hydrogens is 225 g/mol. The summed E-state index contributed by atoms with van der Waals surface area (Å²) in [6, 6.07) is 0.384. The molecule has 16 heavy (non-hydrogen) atoms. The Hall–Kier alpha value is -1.34. The molecule has 1 aromatic rings. The lowest BCUT2D eigenvalue weighted by molar-refractivity contribution is 0.0572. The number of anilines is 1. The van der Waals surface area contributed by atoms with Crippen molar-refractivity contribution in [2.45, 2.75) is 12.2 Å². The van der Waals surface area contributed by atoms with E-state index in [0.717, 1.165) is 4.90 Å². The molecule has 1 saturated heterocycles. The maximum Gasteiger partial charge on any atom is 0.251 e. The van der Waals surface area contributed by atoms with Crippen molar-refractivity contribution in [1.82, 2.24) is 4.98 Å². The zero-order valence-corrected chi connectivity index (χ0v) is 8.07. The predicted octanol–water partition coefficient (Wildman–Crippen LogP) is 0.0407. The van der Waals surface area contributed by atoms with Crippen LogP contribution in [0.25, 0.3) is 0 Å². The molecule has 0 aliphatic carbocycles. The number of pyridine rings is 1. The fourth-order valence-electron chi connectivity index (χ4n) is 1.60. The van der Waals surface area contributed by atoms with E-state index in [0.29, 0.717) is 6.07 Å². The van der Waals surface area contributed by atoms with Crippen LogP contribution in [-0.2, 0) is 0 Å². The molecule has 2 N–H and O–H groups in total. The minimum Gasteiger partial charge on any atom is -0.389 e. The molecule has 7 heteroatoms. The Kier molecular flexibility index (Phi) is 2.73. The Labute approximate surface area is 88.9 Å². The normalized spacial score (nSPS) is 25.2. The minimum atomic E-state index is -1.41. The molecule has 0 amide bonds. The minimum absolute atomic E-state index is 0.0733. The smallest absolute Gasteiger partial charge is 0.251 e. The SMILES string of the molecule is OC1CN(c2nc(F)c(F)cc2F)CC1O. The number of rotatable bonds is 1.